The van der Waals surface area contributed by atoms with E-state index in [1.165, 1.54) is 18.4 Å². The van der Waals surface area contributed by atoms with Gasteiger partial charge in [-0.1, -0.05) is 110 Å². The molecule has 8 rings (SSSR count). The fraction of sp³-hybridized carbons (Fsp3) is 0.0909. The average molecular weight is 610 g/mol. The molecule has 0 radical (unpaired) electrons. The minimum atomic E-state index is 0.717. The van der Waals surface area contributed by atoms with E-state index in [1.54, 1.807) is 0 Å². The Morgan fingerprint density at radius 2 is 1.02 bits per heavy atom. The van der Waals surface area contributed by atoms with Crippen molar-refractivity contribution < 1.29 is 9.47 Å². The summed E-state index contributed by atoms with van der Waals surface area (Å²) in [7, 11) is 0. The summed E-state index contributed by atoms with van der Waals surface area (Å²) in [5.74, 6) is 2.92. The molecule has 7 aromatic carbocycles. The first-order valence-electron chi connectivity index (χ1n) is 16.4. The van der Waals surface area contributed by atoms with E-state index in [0.29, 0.717) is 0 Å². The molecule has 0 spiro atoms. The maximum atomic E-state index is 6.67. The monoisotopic (exact) mass is 609 g/mol. The molecule has 3 heteroatoms. The second-order valence-corrected chi connectivity index (χ2v) is 12.1. The molecule has 47 heavy (non-hydrogen) atoms. The summed E-state index contributed by atoms with van der Waals surface area (Å²) < 4.78 is 13.3. The molecule has 1 aliphatic heterocycles. The van der Waals surface area contributed by atoms with Gasteiger partial charge >= 0.3 is 0 Å². The van der Waals surface area contributed by atoms with E-state index < -0.39 is 0 Å². The number of anilines is 3. The number of hydrogen-bond donors (Lipinski definition) is 0. The molecule has 0 fully saturated rings. The maximum Gasteiger partial charge on any atom is 0.177 e. The number of benzene rings is 7. The Bertz CT molecular complexity index is 2120. The van der Waals surface area contributed by atoms with Crippen LogP contribution in [0.25, 0.3) is 33.0 Å². The summed E-state index contributed by atoms with van der Waals surface area (Å²) >= 11 is 0. The van der Waals surface area contributed by atoms with E-state index in [9.17, 15) is 0 Å². The minimum absolute atomic E-state index is 0.717. The van der Waals surface area contributed by atoms with Gasteiger partial charge in [-0.15, -0.1) is 0 Å². The van der Waals surface area contributed by atoms with Gasteiger partial charge in [-0.2, -0.15) is 0 Å². The second kappa shape index (κ2) is 12.5. The SMILES string of the molecule is CCCCc1ccc(-c2cc(-c3ccc(N(c4ccccc4)c4ccccc4)cc3)cc3c2Oc2cc4ccccc4cc2O3)cc1. The lowest BCUT2D eigenvalue weighted by molar-refractivity contribution is 0.362. The molecule has 0 saturated heterocycles. The first-order chi connectivity index (χ1) is 23.2. The van der Waals surface area contributed by atoms with Crippen LogP contribution in [-0.4, -0.2) is 0 Å². The van der Waals surface area contributed by atoms with Crippen molar-refractivity contribution in [2.24, 2.45) is 0 Å². The van der Waals surface area contributed by atoms with Gasteiger partial charge < -0.3 is 14.4 Å². The third-order valence-electron chi connectivity index (χ3n) is 8.87. The highest BCUT2D eigenvalue weighted by Crippen LogP contribution is 2.52. The van der Waals surface area contributed by atoms with Crippen molar-refractivity contribution in [1.82, 2.24) is 0 Å². The lowest BCUT2D eigenvalue weighted by atomic mass is 9.95. The van der Waals surface area contributed by atoms with Crippen LogP contribution in [0, 0.1) is 0 Å². The highest BCUT2D eigenvalue weighted by Gasteiger charge is 2.25. The number of rotatable bonds is 8. The molecule has 0 amide bonds. The van der Waals surface area contributed by atoms with Gasteiger partial charge in [-0.05, 0) is 107 Å². The van der Waals surface area contributed by atoms with E-state index >= 15 is 0 Å². The van der Waals surface area contributed by atoms with Crippen LogP contribution in [-0.2, 0) is 6.42 Å². The first-order valence-corrected chi connectivity index (χ1v) is 16.4. The van der Waals surface area contributed by atoms with Crippen molar-refractivity contribution in [2.45, 2.75) is 26.2 Å². The average Bonchev–Trinajstić information content (AvgIpc) is 3.13. The second-order valence-electron chi connectivity index (χ2n) is 12.1. The van der Waals surface area contributed by atoms with Crippen LogP contribution in [0.3, 0.4) is 0 Å². The quantitative estimate of drug-likeness (QED) is 0.171. The van der Waals surface area contributed by atoms with Crippen molar-refractivity contribution in [2.75, 3.05) is 4.90 Å². The third kappa shape index (κ3) is 5.73. The van der Waals surface area contributed by atoms with Crippen LogP contribution in [0.1, 0.15) is 25.3 Å². The summed E-state index contributed by atoms with van der Waals surface area (Å²) in [6.07, 6.45) is 3.46. The zero-order valence-electron chi connectivity index (χ0n) is 26.4. The van der Waals surface area contributed by atoms with Gasteiger partial charge in [0.05, 0.1) is 0 Å². The van der Waals surface area contributed by atoms with Crippen molar-refractivity contribution >= 4 is 27.8 Å². The number of ether oxygens (including phenoxy) is 2. The van der Waals surface area contributed by atoms with Gasteiger partial charge in [0.2, 0.25) is 0 Å². The van der Waals surface area contributed by atoms with Crippen LogP contribution in [0.4, 0.5) is 17.1 Å². The fourth-order valence-electron chi connectivity index (χ4n) is 6.39. The Labute approximate surface area is 276 Å². The summed E-state index contributed by atoms with van der Waals surface area (Å²) in [5, 5.41) is 2.24. The van der Waals surface area contributed by atoms with Gasteiger partial charge in [0, 0.05) is 22.6 Å². The Balaban J connectivity index is 1.21. The van der Waals surface area contributed by atoms with Crippen LogP contribution in [0.15, 0.2) is 158 Å². The first kappa shape index (κ1) is 28.7. The summed E-state index contributed by atoms with van der Waals surface area (Å²) in [6, 6.07) is 55.4. The molecule has 7 aromatic rings. The molecule has 0 unspecified atom stereocenters. The Hall–Kier alpha value is -5.80. The number of unbranched alkanes of at least 4 members (excludes halogenated alkanes) is 1. The predicted molar refractivity (Wildman–Crippen MR) is 195 cm³/mol. The number of aryl methyl sites for hydroxylation is 1. The molecule has 0 bridgehead atoms. The smallest absolute Gasteiger partial charge is 0.177 e. The number of para-hydroxylation sites is 2. The Morgan fingerprint density at radius 3 is 1.64 bits per heavy atom. The van der Waals surface area contributed by atoms with Crippen molar-refractivity contribution in [3.8, 4) is 45.3 Å². The molecule has 3 nitrogen and oxygen atoms in total. The van der Waals surface area contributed by atoms with Crippen molar-refractivity contribution in [3.63, 3.8) is 0 Å². The molecule has 0 aromatic heterocycles. The largest absolute Gasteiger partial charge is 0.449 e. The van der Waals surface area contributed by atoms with E-state index in [4.69, 9.17) is 9.47 Å². The highest BCUT2D eigenvalue weighted by atomic mass is 16.6. The van der Waals surface area contributed by atoms with Gasteiger partial charge in [0.15, 0.2) is 23.0 Å². The molecule has 1 aliphatic rings. The van der Waals surface area contributed by atoms with Crippen LogP contribution >= 0.6 is 0 Å². The molecule has 1 heterocycles. The normalized spacial score (nSPS) is 11.7. The van der Waals surface area contributed by atoms with E-state index in [2.05, 4.69) is 157 Å². The predicted octanol–water partition coefficient (Wildman–Crippen LogP) is 12.9. The summed E-state index contributed by atoms with van der Waals surface area (Å²) in [4.78, 5) is 2.28. The molecule has 0 saturated carbocycles. The minimum Gasteiger partial charge on any atom is -0.449 e. The standard InChI is InChI=1S/C44H35NO2/c1-2-3-12-31-19-21-33(22-20-31)40-27-36(30-43-44(40)47-42-29-35-14-11-10-13-34(35)28-41(42)46-43)32-23-25-39(26-24-32)45(37-15-6-4-7-16-37)38-17-8-5-9-18-38/h4-11,13-30H,2-3,12H2,1H3. The van der Waals surface area contributed by atoms with E-state index in [-0.39, 0.29) is 0 Å². The van der Waals surface area contributed by atoms with Crippen LogP contribution in [0.5, 0.6) is 23.0 Å². The summed E-state index contributed by atoms with van der Waals surface area (Å²) in [6.45, 7) is 2.23. The van der Waals surface area contributed by atoms with Crippen LogP contribution in [0.2, 0.25) is 0 Å². The van der Waals surface area contributed by atoms with Gasteiger partial charge in [-0.25, -0.2) is 0 Å². The van der Waals surface area contributed by atoms with Crippen molar-refractivity contribution in [3.05, 3.63) is 163 Å². The highest BCUT2D eigenvalue weighted by molar-refractivity contribution is 5.89. The topological polar surface area (TPSA) is 21.7 Å². The van der Waals surface area contributed by atoms with Gasteiger partial charge in [-0.3, -0.25) is 0 Å². The van der Waals surface area contributed by atoms with E-state index in [1.807, 2.05) is 12.1 Å². The fourth-order valence-corrected chi connectivity index (χ4v) is 6.39. The van der Waals surface area contributed by atoms with Gasteiger partial charge in [0.1, 0.15) is 0 Å². The lowest BCUT2D eigenvalue weighted by Gasteiger charge is -2.26. The maximum absolute atomic E-state index is 6.67. The molecule has 0 N–H and O–H groups in total. The number of fused-ring (bicyclic) bond motifs is 3. The lowest BCUT2D eigenvalue weighted by Crippen LogP contribution is -2.09. The molecular weight excluding hydrogens is 574 g/mol. The molecule has 228 valence electrons. The van der Waals surface area contributed by atoms with Gasteiger partial charge in [0.25, 0.3) is 0 Å². The Morgan fingerprint density at radius 1 is 0.468 bits per heavy atom. The summed E-state index contributed by atoms with van der Waals surface area (Å²) in [5.41, 5.74) is 8.96. The zero-order chi connectivity index (χ0) is 31.6. The van der Waals surface area contributed by atoms with Crippen molar-refractivity contribution in [1.29, 1.82) is 0 Å². The molecule has 0 aliphatic carbocycles. The third-order valence-corrected chi connectivity index (χ3v) is 8.87. The zero-order valence-corrected chi connectivity index (χ0v) is 26.4. The molecular formula is C44H35NO2. The molecule has 0 atom stereocenters. The Kier molecular flexibility index (Phi) is 7.64. The van der Waals surface area contributed by atoms with Crippen LogP contribution < -0.4 is 14.4 Å². The number of hydrogen-bond acceptors (Lipinski definition) is 3. The number of nitrogens with zero attached hydrogens (tertiary/aromatic N) is 1. The van der Waals surface area contributed by atoms with E-state index in [0.717, 1.165) is 79.5 Å².